The Morgan fingerprint density at radius 3 is 2.88 bits per heavy atom. The minimum atomic E-state index is -0.165. The number of carbonyl (C=O) groups excluding carboxylic acids is 2. The number of pyridine rings is 1. The monoisotopic (exact) mass is 360 g/mol. The van der Waals surface area contributed by atoms with Crippen LogP contribution < -0.4 is 5.32 Å². The lowest BCUT2D eigenvalue weighted by Gasteiger charge is -2.30. The van der Waals surface area contributed by atoms with Crippen LogP contribution in [0.4, 0.5) is 0 Å². The number of ether oxygens (including phenoxy) is 1. The van der Waals surface area contributed by atoms with E-state index in [9.17, 15) is 9.59 Å². The number of morpholine rings is 1. The molecule has 7 heteroatoms. The standard InChI is InChI=1S/C19H28N4O3/c1-15-3-2-7-23(14-15)19(25)17-13-16(4-5-20-17)18(24)21-6-8-22-9-11-26-12-10-22/h4-5,13,15H,2-3,6-12,14H2,1H3,(H,21,24). The van der Waals surface area contributed by atoms with Crippen molar-refractivity contribution in [3.63, 3.8) is 0 Å². The number of rotatable bonds is 5. The van der Waals surface area contributed by atoms with Gasteiger partial charge in [0.25, 0.3) is 11.8 Å². The average Bonchev–Trinajstić information content (AvgIpc) is 2.68. The number of likely N-dealkylation sites (tertiary alicyclic amines) is 1. The van der Waals surface area contributed by atoms with Gasteiger partial charge in [0, 0.05) is 51.0 Å². The van der Waals surface area contributed by atoms with Crippen LogP contribution in [-0.2, 0) is 4.74 Å². The smallest absolute Gasteiger partial charge is 0.272 e. The first-order valence-corrected chi connectivity index (χ1v) is 9.47. The molecule has 1 aromatic heterocycles. The van der Waals surface area contributed by atoms with Gasteiger partial charge in [0.05, 0.1) is 13.2 Å². The molecule has 0 saturated carbocycles. The maximum Gasteiger partial charge on any atom is 0.272 e. The summed E-state index contributed by atoms with van der Waals surface area (Å²) in [7, 11) is 0. The van der Waals surface area contributed by atoms with Crippen LogP contribution in [0, 0.1) is 5.92 Å². The van der Waals surface area contributed by atoms with Crippen LogP contribution >= 0.6 is 0 Å². The van der Waals surface area contributed by atoms with Gasteiger partial charge in [0.15, 0.2) is 0 Å². The maximum absolute atomic E-state index is 12.7. The summed E-state index contributed by atoms with van der Waals surface area (Å²) in [6, 6.07) is 3.26. The third-order valence-electron chi connectivity index (χ3n) is 5.00. The molecule has 7 nitrogen and oxygen atoms in total. The van der Waals surface area contributed by atoms with E-state index in [0.717, 1.165) is 58.8 Å². The van der Waals surface area contributed by atoms with Crippen LogP contribution in [0.15, 0.2) is 18.3 Å². The normalized spacial score (nSPS) is 21.4. The lowest BCUT2D eigenvalue weighted by Crippen LogP contribution is -2.41. The van der Waals surface area contributed by atoms with E-state index in [2.05, 4.69) is 22.1 Å². The average molecular weight is 360 g/mol. The number of hydrogen-bond acceptors (Lipinski definition) is 5. The van der Waals surface area contributed by atoms with Gasteiger partial charge in [0.1, 0.15) is 5.69 Å². The van der Waals surface area contributed by atoms with Crippen molar-refractivity contribution in [2.75, 3.05) is 52.5 Å². The number of piperidine rings is 1. The second kappa shape index (κ2) is 9.09. The highest BCUT2D eigenvalue weighted by Gasteiger charge is 2.23. The Morgan fingerprint density at radius 1 is 1.31 bits per heavy atom. The van der Waals surface area contributed by atoms with Crippen molar-refractivity contribution >= 4 is 11.8 Å². The number of nitrogens with zero attached hydrogens (tertiary/aromatic N) is 3. The minimum absolute atomic E-state index is 0.0838. The Kier molecular flexibility index (Phi) is 6.57. The Balaban J connectivity index is 1.54. The number of hydrogen-bond donors (Lipinski definition) is 1. The summed E-state index contributed by atoms with van der Waals surface area (Å²) in [6.07, 6.45) is 3.72. The largest absolute Gasteiger partial charge is 0.379 e. The molecular formula is C19H28N4O3. The van der Waals surface area contributed by atoms with Crippen molar-refractivity contribution in [3.05, 3.63) is 29.6 Å². The maximum atomic E-state index is 12.7. The summed E-state index contributed by atoms with van der Waals surface area (Å²) < 4.78 is 5.32. The summed E-state index contributed by atoms with van der Waals surface area (Å²) in [4.78, 5) is 33.3. The number of nitrogens with one attached hydrogen (secondary N) is 1. The zero-order chi connectivity index (χ0) is 18.4. The molecule has 142 valence electrons. The van der Waals surface area contributed by atoms with Gasteiger partial charge < -0.3 is 15.0 Å². The third kappa shape index (κ3) is 5.02. The highest BCUT2D eigenvalue weighted by atomic mass is 16.5. The van der Waals surface area contributed by atoms with Crippen molar-refractivity contribution in [1.82, 2.24) is 20.1 Å². The zero-order valence-electron chi connectivity index (χ0n) is 15.4. The lowest BCUT2D eigenvalue weighted by atomic mass is 10.00. The highest BCUT2D eigenvalue weighted by molar-refractivity contribution is 5.98. The molecule has 2 fully saturated rings. The van der Waals surface area contributed by atoms with Crippen LogP contribution in [0.1, 0.15) is 40.6 Å². The fourth-order valence-corrected chi connectivity index (χ4v) is 3.48. The van der Waals surface area contributed by atoms with Gasteiger partial charge in [-0.25, -0.2) is 0 Å². The molecule has 2 aliphatic heterocycles. The summed E-state index contributed by atoms with van der Waals surface area (Å²) in [5.74, 6) is 0.264. The number of aromatic nitrogens is 1. The van der Waals surface area contributed by atoms with E-state index in [-0.39, 0.29) is 11.8 Å². The molecule has 2 amide bonds. The van der Waals surface area contributed by atoms with Crippen LogP contribution in [-0.4, -0.2) is 79.1 Å². The fourth-order valence-electron chi connectivity index (χ4n) is 3.48. The van der Waals surface area contributed by atoms with Crippen molar-refractivity contribution in [2.45, 2.75) is 19.8 Å². The Hall–Kier alpha value is -1.99. The van der Waals surface area contributed by atoms with Crippen LogP contribution in [0.3, 0.4) is 0 Å². The van der Waals surface area contributed by atoms with Gasteiger partial charge in [0.2, 0.25) is 0 Å². The summed E-state index contributed by atoms with van der Waals surface area (Å²) in [6.45, 7) is 8.36. The second-order valence-corrected chi connectivity index (χ2v) is 7.14. The molecule has 1 atom stereocenters. The summed E-state index contributed by atoms with van der Waals surface area (Å²) in [5, 5.41) is 2.92. The van der Waals surface area contributed by atoms with E-state index < -0.39 is 0 Å². The Bertz CT molecular complexity index is 631. The van der Waals surface area contributed by atoms with Gasteiger partial charge >= 0.3 is 0 Å². The van der Waals surface area contributed by atoms with E-state index in [1.807, 2.05) is 4.90 Å². The quantitative estimate of drug-likeness (QED) is 0.848. The molecule has 1 N–H and O–H groups in total. The molecule has 0 aliphatic carbocycles. The molecule has 0 spiro atoms. The van der Waals surface area contributed by atoms with Crippen LogP contribution in [0.25, 0.3) is 0 Å². The molecule has 2 saturated heterocycles. The molecule has 26 heavy (non-hydrogen) atoms. The molecule has 3 heterocycles. The summed E-state index contributed by atoms with van der Waals surface area (Å²) >= 11 is 0. The van der Waals surface area contributed by atoms with Gasteiger partial charge in [-0.1, -0.05) is 6.92 Å². The fraction of sp³-hybridized carbons (Fsp3) is 0.632. The van der Waals surface area contributed by atoms with Crippen molar-refractivity contribution in [2.24, 2.45) is 5.92 Å². The van der Waals surface area contributed by atoms with E-state index in [1.165, 1.54) is 6.20 Å². The van der Waals surface area contributed by atoms with E-state index in [4.69, 9.17) is 4.74 Å². The molecule has 3 rings (SSSR count). The first-order chi connectivity index (χ1) is 12.6. The van der Waals surface area contributed by atoms with E-state index in [1.54, 1.807) is 12.1 Å². The molecular weight excluding hydrogens is 332 g/mol. The van der Waals surface area contributed by atoms with Gasteiger partial charge in [-0.3, -0.25) is 19.5 Å². The van der Waals surface area contributed by atoms with Crippen molar-refractivity contribution < 1.29 is 14.3 Å². The molecule has 1 aromatic rings. The predicted molar refractivity (Wildman–Crippen MR) is 98.1 cm³/mol. The predicted octanol–water partition coefficient (Wildman–Crippen LogP) is 1.02. The van der Waals surface area contributed by atoms with Crippen LogP contribution in [0.5, 0.6) is 0 Å². The van der Waals surface area contributed by atoms with Gasteiger partial charge in [-0.05, 0) is 30.9 Å². The molecule has 2 aliphatic rings. The van der Waals surface area contributed by atoms with Crippen LogP contribution in [0.2, 0.25) is 0 Å². The van der Waals surface area contributed by atoms with E-state index >= 15 is 0 Å². The lowest BCUT2D eigenvalue weighted by molar-refractivity contribution is 0.0383. The highest BCUT2D eigenvalue weighted by Crippen LogP contribution is 2.17. The minimum Gasteiger partial charge on any atom is -0.379 e. The van der Waals surface area contributed by atoms with Gasteiger partial charge in [-0.15, -0.1) is 0 Å². The number of carbonyl (C=O) groups is 2. The zero-order valence-corrected chi connectivity index (χ0v) is 15.4. The van der Waals surface area contributed by atoms with Crippen molar-refractivity contribution in [3.8, 4) is 0 Å². The molecule has 0 radical (unpaired) electrons. The SMILES string of the molecule is CC1CCCN(C(=O)c2cc(C(=O)NCCN3CCOCC3)ccn2)C1. The van der Waals surface area contributed by atoms with Gasteiger partial charge in [-0.2, -0.15) is 0 Å². The molecule has 0 aromatic carbocycles. The van der Waals surface area contributed by atoms with Crippen molar-refractivity contribution in [1.29, 1.82) is 0 Å². The Labute approximate surface area is 154 Å². The Morgan fingerprint density at radius 2 is 2.12 bits per heavy atom. The number of amides is 2. The first-order valence-electron chi connectivity index (χ1n) is 9.47. The third-order valence-corrected chi connectivity index (χ3v) is 5.00. The first kappa shape index (κ1) is 18.8. The topological polar surface area (TPSA) is 74.8 Å². The molecule has 1 unspecified atom stereocenters. The molecule has 0 bridgehead atoms. The summed E-state index contributed by atoms with van der Waals surface area (Å²) in [5.41, 5.74) is 0.829. The van der Waals surface area contributed by atoms with E-state index in [0.29, 0.717) is 23.7 Å². The second-order valence-electron chi connectivity index (χ2n) is 7.14.